The molecule has 0 aromatic heterocycles. The third-order valence-electron chi connectivity index (χ3n) is 4.95. The minimum absolute atomic E-state index is 0.260. The van der Waals surface area contributed by atoms with Gasteiger partial charge < -0.3 is 9.47 Å². The van der Waals surface area contributed by atoms with E-state index in [1.54, 1.807) is 20.8 Å². The molecule has 5 unspecified atom stereocenters. The van der Waals surface area contributed by atoms with Crippen LogP contribution in [0, 0.1) is 0 Å². The summed E-state index contributed by atoms with van der Waals surface area (Å²) in [5.74, 6) is -0.620. The van der Waals surface area contributed by atoms with Gasteiger partial charge in [0.2, 0.25) is 0 Å². The Kier molecular flexibility index (Phi) is 2.21. The van der Waals surface area contributed by atoms with Gasteiger partial charge in [0, 0.05) is 12.5 Å². The summed E-state index contributed by atoms with van der Waals surface area (Å²) in [6.45, 7) is 8.39. The molecule has 6 nitrogen and oxygen atoms in total. The van der Waals surface area contributed by atoms with Crippen molar-refractivity contribution < 1.29 is 26.9 Å². The molecule has 0 saturated carbocycles. The number of ether oxygens (including phenoxy) is 2. The Hall–Kier alpha value is -0.920. The molecule has 19 heavy (non-hydrogen) atoms. The topological polar surface area (TPSA) is 78.9 Å². The molecule has 0 aromatic carbocycles. The quantitative estimate of drug-likeness (QED) is 0.419. The fraction of sp³-hybridized carbons (Fsp3) is 0.750. The molecular weight excluding hydrogens is 272 g/mol. The predicted octanol–water partition coefficient (Wildman–Crippen LogP) is 0.523. The van der Waals surface area contributed by atoms with Crippen LogP contribution in [0.25, 0.3) is 0 Å². The van der Waals surface area contributed by atoms with Crippen LogP contribution in [0.1, 0.15) is 27.2 Å². The zero-order valence-electron chi connectivity index (χ0n) is 11.0. The van der Waals surface area contributed by atoms with Gasteiger partial charge in [0.25, 0.3) is 10.1 Å². The molecule has 0 aliphatic carbocycles. The van der Waals surface area contributed by atoms with Crippen LogP contribution >= 0.6 is 0 Å². The number of hydrogen-bond acceptors (Lipinski definition) is 6. The highest BCUT2D eigenvalue weighted by molar-refractivity contribution is 7.87. The van der Waals surface area contributed by atoms with Gasteiger partial charge >= 0.3 is 5.97 Å². The molecule has 0 N–H and O–H groups in total. The van der Waals surface area contributed by atoms with Crippen molar-refractivity contribution in [3.8, 4) is 0 Å². The molecule has 0 aromatic rings. The van der Waals surface area contributed by atoms with E-state index < -0.39 is 44.2 Å². The summed E-state index contributed by atoms with van der Waals surface area (Å²) in [5.41, 5.74) is -3.24. The maximum Gasteiger partial charge on any atom is 0.330 e. The predicted molar refractivity (Wildman–Crippen MR) is 64.8 cm³/mol. The Bertz CT molecular complexity index is 583. The van der Waals surface area contributed by atoms with Crippen LogP contribution in [0.5, 0.6) is 0 Å². The molecule has 3 aliphatic rings. The molecule has 3 saturated heterocycles. The number of esters is 1. The van der Waals surface area contributed by atoms with Gasteiger partial charge in [0.1, 0.15) is 17.0 Å². The average molecular weight is 288 g/mol. The molecular formula is C12H16O6S. The SMILES string of the molecule is C=CC(=O)OC1(C)C2(C)CC3C(O2)C1(C)OS3(=O)=O. The highest BCUT2D eigenvalue weighted by Gasteiger charge is 2.83. The second-order valence-corrected chi connectivity index (χ2v) is 7.61. The third kappa shape index (κ3) is 1.24. The van der Waals surface area contributed by atoms with E-state index in [9.17, 15) is 13.2 Å². The van der Waals surface area contributed by atoms with Crippen molar-refractivity contribution >= 4 is 16.1 Å². The van der Waals surface area contributed by atoms with Gasteiger partial charge in [0.15, 0.2) is 11.2 Å². The van der Waals surface area contributed by atoms with Gasteiger partial charge in [-0.25, -0.2) is 4.79 Å². The lowest BCUT2D eigenvalue weighted by molar-refractivity contribution is -0.188. The molecule has 3 heterocycles. The first kappa shape index (κ1) is 13.1. The first-order valence-electron chi connectivity index (χ1n) is 6.07. The normalized spacial score (nSPS) is 53.2. The maximum atomic E-state index is 12.0. The van der Waals surface area contributed by atoms with Crippen LogP contribution in [0.2, 0.25) is 0 Å². The molecule has 3 aliphatic heterocycles. The third-order valence-corrected chi connectivity index (χ3v) is 6.68. The summed E-state index contributed by atoms with van der Waals surface area (Å²) < 4.78 is 40.6. The van der Waals surface area contributed by atoms with E-state index >= 15 is 0 Å². The Morgan fingerprint density at radius 1 is 1.42 bits per heavy atom. The van der Waals surface area contributed by atoms with E-state index in [1.165, 1.54) is 0 Å². The van der Waals surface area contributed by atoms with E-state index in [0.29, 0.717) is 0 Å². The van der Waals surface area contributed by atoms with Crippen molar-refractivity contribution in [1.29, 1.82) is 0 Å². The van der Waals surface area contributed by atoms with Gasteiger partial charge in [-0.05, 0) is 20.8 Å². The molecule has 106 valence electrons. The lowest BCUT2D eigenvalue weighted by Gasteiger charge is -2.44. The van der Waals surface area contributed by atoms with Crippen LogP contribution in [0.3, 0.4) is 0 Å². The zero-order valence-corrected chi connectivity index (χ0v) is 11.8. The highest BCUT2D eigenvalue weighted by Crippen LogP contribution is 2.64. The van der Waals surface area contributed by atoms with Gasteiger partial charge in [-0.3, -0.25) is 4.18 Å². The minimum atomic E-state index is -3.68. The second-order valence-electron chi connectivity index (χ2n) is 5.85. The Morgan fingerprint density at radius 2 is 2.05 bits per heavy atom. The second kappa shape index (κ2) is 3.21. The first-order valence-corrected chi connectivity index (χ1v) is 7.54. The number of carbonyl (C=O) groups excluding carboxylic acids is 1. The maximum absolute atomic E-state index is 12.0. The fourth-order valence-corrected chi connectivity index (χ4v) is 5.60. The van der Waals surface area contributed by atoms with Crippen molar-refractivity contribution in [3.63, 3.8) is 0 Å². The number of fused-ring (bicyclic) bond motifs is 1. The fourth-order valence-electron chi connectivity index (χ4n) is 3.60. The summed E-state index contributed by atoms with van der Waals surface area (Å²) in [6, 6.07) is 0. The van der Waals surface area contributed by atoms with Crippen LogP contribution in [0.4, 0.5) is 0 Å². The first-order chi connectivity index (χ1) is 8.60. The van der Waals surface area contributed by atoms with Crippen molar-refractivity contribution in [3.05, 3.63) is 12.7 Å². The van der Waals surface area contributed by atoms with Gasteiger partial charge in [-0.15, -0.1) is 0 Å². The van der Waals surface area contributed by atoms with Gasteiger partial charge in [0.05, 0.1) is 0 Å². The lowest BCUT2D eigenvalue weighted by atomic mass is 9.67. The Morgan fingerprint density at radius 3 is 2.63 bits per heavy atom. The number of carbonyl (C=O) groups is 1. The van der Waals surface area contributed by atoms with E-state index in [0.717, 1.165) is 6.08 Å². The monoisotopic (exact) mass is 288 g/mol. The summed E-state index contributed by atoms with van der Waals surface area (Å²) >= 11 is 0. The highest BCUT2D eigenvalue weighted by atomic mass is 32.2. The molecule has 0 radical (unpaired) electrons. The van der Waals surface area contributed by atoms with E-state index in [-0.39, 0.29) is 6.42 Å². The van der Waals surface area contributed by atoms with Crippen molar-refractivity contribution in [1.82, 2.24) is 0 Å². The summed E-state index contributed by atoms with van der Waals surface area (Å²) in [4.78, 5) is 11.6. The molecule has 0 spiro atoms. The van der Waals surface area contributed by atoms with Crippen LogP contribution < -0.4 is 0 Å². The smallest absolute Gasteiger partial charge is 0.330 e. The van der Waals surface area contributed by atoms with E-state index in [2.05, 4.69) is 6.58 Å². The largest absolute Gasteiger partial charge is 0.450 e. The summed E-state index contributed by atoms with van der Waals surface area (Å²) in [5, 5.41) is -0.682. The van der Waals surface area contributed by atoms with Crippen molar-refractivity contribution in [2.24, 2.45) is 0 Å². The molecule has 3 rings (SSSR count). The van der Waals surface area contributed by atoms with E-state index in [4.69, 9.17) is 13.7 Å². The molecule has 0 amide bonds. The molecule has 3 fully saturated rings. The minimum Gasteiger partial charge on any atom is -0.450 e. The number of hydrogen-bond donors (Lipinski definition) is 0. The van der Waals surface area contributed by atoms with Crippen LogP contribution in [-0.4, -0.2) is 42.5 Å². The summed E-state index contributed by atoms with van der Waals surface area (Å²) in [7, 11) is -3.68. The van der Waals surface area contributed by atoms with Gasteiger partial charge in [-0.1, -0.05) is 6.58 Å². The molecule has 2 bridgehead atoms. The summed E-state index contributed by atoms with van der Waals surface area (Å²) in [6.07, 6.45) is 0.701. The van der Waals surface area contributed by atoms with Crippen molar-refractivity contribution in [2.45, 2.75) is 55.3 Å². The average Bonchev–Trinajstić information content (AvgIpc) is 2.78. The Labute approximate surface area is 111 Å². The zero-order chi connectivity index (χ0) is 14.3. The van der Waals surface area contributed by atoms with Crippen LogP contribution in [0.15, 0.2) is 12.7 Å². The molecule has 5 atom stereocenters. The van der Waals surface area contributed by atoms with Gasteiger partial charge in [-0.2, -0.15) is 8.42 Å². The standard InChI is InChI=1S/C12H16O6S/c1-5-8(13)16-12(4)10(2)6-7-9(17-10)11(12,3)18-19(7,14)15/h5,7,9H,1,6H2,2-4H3. The Balaban J connectivity index is 2.13. The van der Waals surface area contributed by atoms with Crippen molar-refractivity contribution in [2.75, 3.05) is 0 Å². The van der Waals surface area contributed by atoms with E-state index in [1.807, 2.05) is 0 Å². The van der Waals surface area contributed by atoms with Crippen LogP contribution in [-0.2, 0) is 28.6 Å². The number of rotatable bonds is 2. The molecule has 7 heteroatoms. The lowest BCUT2D eigenvalue weighted by Crippen LogP contribution is -2.64.